The van der Waals surface area contributed by atoms with Crippen LogP contribution in [0.3, 0.4) is 0 Å². The van der Waals surface area contributed by atoms with E-state index >= 15 is 0 Å². The second kappa shape index (κ2) is 5.32. The van der Waals surface area contributed by atoms with Gasteiger partial charge in [-0.25, -0.2) is 0 Å². The van der Waals surface area contributed by atoms with Gasteiger partial charge in [-0.1, -0.05) is 30.3 Å². The van der Waals surface area contributed by atoms with Crippen molar-refractivity contribution in [2.24, 2.45) is 0 Å². The molecule has 2 rings (SSSR count). The standard InChI is InChI=1S/C14H20N2O/c1-15(2)14(17)11-16-9-8-13(10-16)12-6-4-3-5-7-12/h3-7,13H,8-11H2,1-2H3. The van der Waals surface area contributed by atoms with E-state index in [4.69, 9.17) is 0 Å². The van der Waals surface area contributed by atoms with E-state index in [0.717, 1.165) is 19.5 Å². The van der Waals surface area contributed by atoms with Crippen LogP contribution in [0.1, 0.15) is 17.9 Å². The maximum Gasteiger partial charge on any atom is 0.236 e. The average Bonchev–Trinajstić information content (AvgIpc) is 2.78. The topological polar surface area (TPSA) is 23.6 Å². The van der Waals surface area contributed by atoms with Crippen molar-refractivity contribution in [3.63, 3.8) is 0 Å². The molecule has 1 heterocycles. The molecule has 1 unspecified atom stereocenters. The van der Waals surface area contributed by atoms with Crippen LogP contribution in [0.15, 0.2) is 30.3 Å². The molecule has 0 radical (unpaired) electrons. The minimum Gasteiger partial charge on any atom is -0.348 e. The molecule has 0 spiro atoms. The molecule has 0 N–H and O–H groups in total. The highest BCUT2D eigenvalue weighted by Gasteiger charge is 2.25. The highest BCUT2D eigenvalue weighted by Crippen LogP contribution is 2.26. The van der Waals surface area contributed by atoms with Crippen molar-refractivity contribution in [1.82, 2.24) is 9.80 Å². The van der Waals surface area contributed by atoms with Crippen molar-refractivity contribution >= 4 is 5.91 Å². The lowest BCUT2D eigenvalue weighted by atomic mass is 9.99. The molecule has 3 heteroatoms. The summed E-state index contributed by atoms with van der Waals surface area (Å²) in [5.74, 6) is 0.782. The van der Waals surface area contributed by atoms with Crippen LogP contribution in [0.4, 0.5) is 0 Å². The van der Waals surface area contributed by atoms with E-state index < -0.39 is 0 Å². The molecule has 1 saturated heterocycles. The molecule has 1 fully saturated rings. The van der Waals surface area contributed by atoms with Crippen molar-refractivity contribution < 1.29 is 4.79 Å². The first kappa shape index (κ1) is 12.1. The molecule has 1 aliphatic rings. The van der Waals surface area contributed by atoms with Crippen LogP contribution >= 0.6 is 0 Å². The first-order chi connectivity index (χ1) is 8.16. The van der Waals surface area contributed by atoms with Crippen LogP contribution in [0, 0.1) is 0 Å². The first-order valence-corrected chi connectivity index (χ1v) is 6.14. The number of likely N-dealkylation sites (tertiary alicyclic amines) is 1. The fraction of sp³-hybridized carbons (Fsp3) is 0.500. The number of nitrogens with zero attached hydrogens (tertiary/aromatic N) is 2. The summed E-state index contributed by atoms with van der Waals surface area (Å²) in [5, 5.41) is 0. The predicted octanol–water partition coefficient (Wildman–Crippen LogP) is 1.56. The van der Waals surface area contributed by atoms with Gasteiger partial charge in [0.25, 0.3) is 0 Å². The summed E-state index contributed by atoms with van der Waals surface area (Å²) in [4.78, 5) is 15.5. The van der Waals surface area contributed by atoms with E-state index in [1.807, 2.05) is 20.2 Å². The Balaban J connectivity index is 1.90. The number of hydrogen-bond donors (Lipinski definition) is 0. The third-order valence-electron chi connectivity index (χ3n) is 3.40. The Labute approximate surface area is 103 Å². The molecular weight excluding hydrogens is 212 g/mol. The third-order valence-corrected chi connectivity index (χ3v) is 3.40. The molecule has 1 aliphatic heterocycles. The van der Waals surface area contributed by atoms with E-state index in [9.17, 15) is 4.79 Å². The smallest absolute Gasteiger partial charge is 0.236 e. The SMILES string of the molecule is CN(C)C(=O)CN1CCC(c2ccccc2)C1. The van der Waals surface area contributed by atoms with Gasteiger partial charge in [-0.2, -0.15) is 0 Å². The Morgan fingerprint density at radius 2 is 2.06 bits per heavy atom. The van der Waals surface area contributed by atoms with Gasteiger partial charge in [-0.3, -0.25) is 9.69 Å². The molecule has 17 heavy (non-hydrogen) atoms. The number of benzene rings is 1. The van der Waals surface area contributed by atoms with Crippen LogP contribution in [0.25, 0.3) is 0 Å². The minimum absolute atomic E-state index is 0.193. The molecule has 0 saturated carbocycles. The molecule has 1 amide bonds. The molecular formula is C14H20N2O. The molecule has 0 aliphatic carbocycles. The Morgan fingerprint density at radius 1 is 1.35 bits per heavy atom. The molecule has 92 valence electrons. The Bertz CT molecular complexity index is 375. The summed E-state index contributed by atoms with van der Waals surface area (Å²) in [6.07, 6.45) is 1.16. The normalized spacial score (nSPS) is 20.5. The summed E-state index contributed by atoms with van der Waals surface area (Å²) in [7, 11) is 3.63. The van der Waals surface area contributed by atoms with Crippen LogP contribution in [-0.4, -0.2) is 49.4 Å². The lowest BCUT2D eigenvalue weighted by molar-refractivity contribution is -0.129. The summed E-state index contributed by atoms with van der Waals surface area (Å²) >= 11 is 0. The maximum atomic E-state index is 11.6. The van der Waals surface area contributed by atoms with E-state index in [0.29, 0.717) is 12.5 Å². The highest BCUT2D eigenvalue weighted by molar-refractivity contribution is 5.77. The van der Waals surface area contributed by atoms with Crippen molar-refractivity contribution in [2.45, 2.75) is 12.3 Å². The number of carbonyl (C=O) groups excluding carboxylic acids is 1. The minimum atomic E-state index is 0.193. The van der Waals surface area contributed by atoms with Gasteiger partial charge in [-0.15, -0.1) is 0 Å². The van der Waals surface area contributed by atoms with Gasteiger partial charge in [0.1, 0.15) is 0 Å². The van der Waals surface area contributed by atoms with Gasteiger partial charge < -0.3 is 4.90 Å². The number of carbonyl (C=O) groups is 1. The third kappa shape index (κ3) is 3.07. The lowest BCUT2D eigenvalue weighted by Crippen LogP contribution is -2.35. The van der Waals surface area contributed by atoms with Crippen molar-refractivity contribution in [1.29, 1.82) is 0 Å². The summed E-state index contributed by atoms with van der Waals surface area (Å²) in [5.41, 5.74) is 1.40. The Hall–Kier alpha value is -1.35. The molecule has 1 aromatic carbocycles. The average molecular weight is 232 g/mol. The fourth-order valence-electron chi connectivity index (χ4n) is 2.31. The summed E-state index contributed by atoms with van der Waals surface area (Å²) in [6, 6.07) is 10.6. The molecule has 0 bridgehead atoms. The zero-order valence-electron chi connectivity index (χ0n) is 10.6. The number of amides is 1. The number of likely N-dealkylation sites (N-methyl/N-ethyl adjacent to an activating group) is 1. The highest BCUT2D eigenvalue weighted by atomic mass is 16.2. The molecule has 1 atom stereocenters. The molecule has 0 aromatic heterocycles. The van der Waals surface area contributed by atoms with Gasteiger partial charge in [0.05, 0.1) is 6.54 Å². The molecule has 3 nitrogen and oxygen atoms in total. The number of rotatable bonds is 3. The van der Waals surface area contributed by atoms with Gasteiger partial charge in [0.2, 0.25) is 5.91 Å². The lowest BCUT2D eigenvalue weighted by Gasteiger charge is -2.18. The van der Waals surface area contributed by atoms with Crippen molar-refractivity contribution in [2.75, 3.05) is 33.7 Å². The zero-order valence-corrected chi connectivity index (χ0v) is 10.6. The second-order valence-corrected chi connectivity index (χ2v) is 4.92. The Kier molecular flexibility index (Phi) is 3.79. The van der Waals surface area contributed by atoms with Crippen LogP contribution < -0.4 is 0 Å². The summed E-state index contributed by atoms with van der Waals surface area (Å²) in [6.45, 7) is 2.58. The van der Waals surface area contributed by atoms with Gasteiger partial charge in [-0.05, 0) is 24.4 Å². The fourth-order valence-corrected chi connectivity index (χ4v) is 2.31. The van der Waals surface area contributed by atoms with Crippen LogP contribution in [0.2, 0.25) is 0 Å². The van der Waals surface area contributed by atoms with Gasteiger partial charge in [0.15, 0.2) is 0 Å². The van der Waals surface area contributed by atoms with Crippen molar-refractivity contribution in [3.8, 4) is 0 Å². The monoisotopic (exact) mass is 232 g/mol. The predicted molar refractivity (Wildman–Crippen MR) is 68.9 cm³/mol. The second-order valence-electron chi connectivity index (χ2n) is 4.92. The Morgan fingerprint density at radius 3 is 2.71 bits per heavy atom. The van der Waals surface area contributed by atoms with Gasteiger partial charge >= 0.3 is 0 Å². The quantitative estimate of drug-likeness (QED) is 0.789. The van der Waals surface area contributed by atoms with E-state index in [-0.39, 0.29) is 5.91 Å². The maximum absolute atomic E-state index is 11.6. The van der Waals surface area contributed by atoms with E-state index in [1.165, 1.54) is 5.56 Å². The summed E-state index contributed by atoms with van der Waals surface area (Å²) < 4.78 is 0. The van der Waals surface area contributed by atoms with E-state index in [2.05, 4.69) is 29.2 Å². The number of hydrogen-bond acceptors (Lipinski definition) is 2. The van der Waals surface area contributed by atoms with Crippen molar-refractivity contribution in [3.05, 3.63) is 35.9 Å². The zero-order chi connectivity index (χ0) is 12.3. The van der Waals surface area contributed by atoms with E-state index in [1.54, 1.807) is 4.90 Å². The van der Waals surface area contributed by atoms with Crippen LogP contribution in [0.5, 0.6) is 0 Å². The first-order valence-electron chi connectivity index (χ1n) is 6.14. The van der Waals surface area contributed by atoms with Gasteiger partial charge in [0, 0.05) is 20.6 Å². The largest absolute Gasteiger partial charge is 0.348 e. The van der Waals surface area contributed by atoms with Crippen LogP contribution in [-0.2, 0) is 4.79 Å². The molecule has 1 aromatic rings.